The number of ether oxygens (including phenoxy) is 1. The van der Waals surface area contributed by atoms with Crippen molar-refractivity contribution in [1.82, 2.24) is 39.6 Å². The lowest BCUT2D eigenvalue weighted by atomic mass is 10.2. The summed E-state index contributed by atoms with van der Waals surface area (Å²) < 4.78 is 7.86. The summed E-state index contributed by atoms with van der Waals surface area (Å²) in [5, 5.41) is 30.5. The molecular weight excluding hydrogens is 483 g/mol. The summed E-state index contributed by atoms with van der Waals surface area (Å²) in [6, 6.07) is 22.1. The summed E-state index contributed by atoms with van der Waals surface area (Å²) in [6.45, 7) is 0. The molecule has 0 radical (unpaired) electrons. The lowest BCUT2D eigenvalue weighted by molar-refractivity contribution is 0.0592. The molecule has 0 spiro atoms. The van der Waals surface area contributed by atoms with Crippen LogP contribution in [0.15, 0.2) is 72.8 Å². The third-order valence-corrected chi connectivity index (χ3v) is 5.09. The van der Waals surface area contributed by atoms with Gasteiger partial charge in [0.1, 0.15) is 11.4 Å². The molecule has 0 aliphatic carbocycles. The van der Waals surface area contributed by atoms with E-state index in [4.69, 9.17) is 5.11 Å². The molecule has 0 saturated carbocycles. The number of carbonyl (C=O) groups excluding carboxylic acids is 1. The molecule has 13 heteroatoms. The van der Waals surface area contributed by atoms with Crippen molar-refractivity contribution in [1.29, 1.82) is 0 Å². The predicted octanol–water partition coefficient (Wildman–Crippen LogP) is 3.72. The largest absolute Gasteiger partial charge is 0.477 e. The van der Waals surface area contributed by atoms with Crippen LogP contribution in [0.4, 0.5) is 4.70 Å². The normalized spacial score (nSPS) is 10.2. The average Bonchev–Trinajstić information content (AvgIpc) is 3.65. The number of hydrogen-bond acceptors (Lipinski definition) is 7. The molecule has 3 N–H and O–H groups in total. The Bertz CT molecular complexity index is 1640. The number of rotatable bonds is 4. The summed E-state index contributed by atoms with van der Waals surface area (Å²) in [4.78, 5) is 22.2. The second-order valence-electron chi connectivity index (χ2n) is 7.30. The quantitative estimate of drug-likeness (QED) is 0.306. The van der Waals surface area contributed by atoms with E-state index in [1.807, 2.05) is 60.7 Å². The van der Waals surface area contributed by atoms with Crippen LogP contribution in [-0.2, 0) is 4.74 Å². The van der Waals surface area contributed by atoms with Crippen LogP contribution in [0.25, 0.3) is 34.1 Å². The molecule has 0 bridgehead atoms. The molecule has 0 atom stereocenters. The van der Waals surface area contributed by atoms with Gasteiger partial charge < -0.3 is 9.84 Å². The first-order valence-corrected chi connectivity index (χ1v) is 10.4. The number of benzene rings is 2. The van der Waals surface area contributed by atoms with E-state index in [0.717, 1.165) is 11.1 Å². The molecule has 0 fully saturated rings. The number of carboxylic acids is 1. The van der Waals surface area contributed by atoms with Gasteiger partial charge in [-0.3, -0.25) is 14.9 Å². The molecule has 0 aliphatic heterocycles. The molecule has 37 heavy (non-hydrogen) atoms. The maximum Gasteiger partial charge on any atom is 0.356 e. The highest BCUT2D eigenvalue weighted by Crippen LogP contribution is 2.19. The molecule has 0 amide bonds. The lowest BCUT2D eigenvalue weighted by Gasteiger charge is -1.97. The van der Waals surface area contributed by atoms with Crippen molar-refractivity contribution in [3.63, 3.8) is 0 Å². The highest BCUT2D eigenvalue weighted by atomic mass is 19.0. The Morgan fingerprint density at radius 1 is 0.757 bits per heavy atom. The topological polar surface area (TPSA) is 156 Å². The van der Waals surface area contributed by atoms with Gasteiger partial charge in [0.25, 0.3) is 0 Å². The first-order valence-electron chi connectivity index (χ1n) is 10.4. The number of aromatic carboxylic acids is 1. The third-order valence-electron chi connectivity index (χ3n) is 5.09. The molecular formula is C24H23FN8O4. The minimum atomic E-state index is -1.02. The summed E-state index contributed by atoms with van der Waals surface area (Å²) in [5.74, 6) is -0.206. The number of nitrogens with zero attached hydrogens (tertiary/aromatic N) is 6. The summed E-state index contributed by atoms with van der Waals surface area (Å²) >= 11 is 0. The molecule has 12 nitrogen and oxygen atoms in total. The Morgan fingerprint density at radius 2 is 1.19 bits per heavy atom. The second-order valence-corrected chi connectivity index (χ2v) is 7.30. The summed E-state index contributed by atoms with van der Waals surface area (Å²) in [6.07, 6.45) is 0. The van der Waals surface area contributed by atoms with Gasteiger partial charge in [-0.05, 0) is 0 Å². The van der Waals surface area contributed by atoms with Crippen molar-refractivity contribution < 1.29 is 24.1 Å². The smallest absolute Gasteiger partial charge is 0.356 e. The van der Waals surface area contributed by atoms with Gasteiger partial charge in [0.15, 0.2) is 22.9 Å². The van der Waals surface area contributed by atoms with Crippen LogP contribution in [0.1, 0.15) is 28.4 Å². The molecule has 6 rings (SSSR count). The fourth-order valence-electron chi connectivity index (χ4n) is 3.44. The van der Waals surface area contributed by atoms with Crippen LogP contribution in [0, 0.1) is 0 Å². The van der Waals surface area contributed by atoms with Crippen LogP contribution in [0.2, 0.25) is 0 Å². The molecule has 2 aromatic carbocycles. The van der Waals surface area contributed by atoms with Crippen molar-refractivity contribution in [3.8, 4) is 22.8 Å². The van der Waals surface area contributed by atoms with Gasteiger partial charge in [-0.15, -0.1) is 20.4 Å². The average molecular weight is 506 g/mol. The standard InChI is InChI=1S/C12H10N4O2.C11H8N4O2.CH4.FH/c1-18-12(17)9-7-10-13-14-11(16(10)15-9)8-5-3-2-4-6-8;16-11(17)8-6-9-12-13-10(15(9)14-8)7-4-2-1-3-5-7;;/h2-7,15H,1H3;1-6,14H,(H,16,17);1H4;1H. The minimum Gasteiger partial charge on any atom is -0.477 e. The van der Waals surface area contributed by atoms with E-state index in [1.54, 1.807) is 15.1 Å². The van der Waals surface area contributed by atoms with E-state index < -0.39 is 11.9 Å². The van der Waals surface area contributed by atoms with Gasteiger partial charge >= 0.3 is 11.9 Å². The minimum absolute atomic E-state index is 0. The summed E-state index contributed by atoms with van der Waals surface area (Å²) in [5.41, 5.74) is 3.30. The number of H-pyrrole nitrogens is 2. The van der Waals surface area contributed by atoms with E-state index in [9.17, 15) is 9.59 Å². The van der Waals surface area contributed by atoms with Crippen molar-refractivity contribution in [2.75, 3.05) is 7.11 Å². The Labute approximate surface area is 208 Å². The highest BCUT2D eigenvalue weighted by Gasteiger charge is 2.15. The monoisotopic (exact) mass is 506 g/mol. The van der Waals surface area contributed by atoms with Crippen molar-refractivity contribution in [2.24, 2.45) is 0 Å². The van der Waals surface area contributed by atoms with E-state index in [1.165, 1.54) is 13.2 Å². The van der Waals surface area contributed by atoms with Gasteiger partial charge in [0.2, 0.25) is 0 Å². The van der Waals surface area contributed by atoms with Crippen LogP contribution in [0.3, 0.4) is 0 Å². The fraction of sp³-hybridized carbons (Fsp3) is 0.0833. The molecule has 4 heterocycles. The molecule has 0 aliphatic rings. The Morgan fingerprint density at radius 3 is 1.62 bits per heavy atom. The molecule has 6 aromatic rings. The van der Waals surface area contributed by atoms with Crippen LogP contribution in [0.5, 0.6) is 0 Å². The zero-order valence-corrected chi connectivity index (χ0v) is 18.7. The number of carboxylic acid groups (broad SMARTS) is 1. The number of methoxy groups -OCH3 is 1. The van der Waals surface area contributed by atoms with Crippen molar-refractivity contribution in [2.45, 2.75) is 7.43 Å². The zero-order valence-electron chi connectivity index (χ0n) is 18.7. The number of halogens is 1. The molecule has 190 valence electrons. The van der Waals surface area contributed by atoms with E-state index in [2.05, 4.69) is 35.3 Å². The van der Waals surface area contributed by atoms with E-state index in [0.29, 0.717) is 28.6 Å². The Kier molecular flexibility index (Phi) is 7.77. The SMILES string of the molecule is C.COC(=O)c1cc2nnc(-c3ccccc3)n2[nH]1.F.O=C(O)c1cc2nnc(-c3ccccc3)n2[nH]1. The zero-order chi connectivity index (χ0) is 24.4. The number of aromatic nitrogens is 8. The predicted molar refractivity (Wildman–Crippen MR) is 133 cm³/mol. The number of nitrogens with one attached hydrogen (secondary N) is 2. The summed E-state index contributed by atoms with van der Waals surface area (Å²) in [7, 11) is 1.34. The first-order chi connectivity index (χ1) is 17.0. The van der Waals surface area contributed by atoms with Crippen LogP contribution >= 0.6 is 0 Å². The number of fused-ring (bicyclic) bond motifs is 2. The van der Waals surface area contributed by atoms with Gasteiger partial charge in [-0.2, -0.15) is 0 Å². The van der Waals surface area contributed by atoms with Crippen LogP contribution < -0.4 is 0 Å². The molecule has 0 unspecified atom stereocenters. The van der Waals surface area contributed by atoms with E-state index >= 15 is 0 Å². The second kappa shape index (κ2) is 10.9. The van der Waals surface area contributed by atoms with E-state index in [-0.39, 0.29) is 17.8 Å². The number of hydrogen-bond donors (Lipinski definition) is 3. The molecule has 0 saturated heterocycles. The third kappa shape index (κ3) is 5.05. The number of aromatic amines is 2. The maximum atomic E-state index is 11.4. The fourth-order valence-corrected chi connectivity index (χ4v) is 3.44. The van der Waals surface area contributed by atoms with Gasteiger partial charge in [-0.1, -0.05) is 68.1 Å². The van der Waals surface area contributed by atoms with Crippen molar-refractivity contribution >= 4 is 23.2 Å². The number of carbonyl (C=O) groups is 2. The Balaban J connectivity index is 0.000000195. The van der Waals surface area contributed by atoms with Crippen LogP contribution in [-0.4, -0.2) is 63.8 Å². The number of esters is 1. The molecule has 4 aromatic heterocycles. The first kappa shape index (κ1) is 26.3. The lowest BCUT2D eigenvalue weighted by Crippen LogP contribution is -2.02. The highest BCUT2D eigenvalue weighted by molar-refractivity contribution is 5.88. The maximum absolute atomic E-state index is 11.4. The Hall–Kier alpha value is -5.33. The van der Waals surface area contributed by atoms with Gasteiger partial charge in [-0.25, -0.2) is 18.6 Å². The van der Waals surface area contributed by atoms with Crippen molar-refractivity contribution in [3.05, 3.63) is 84.2 Å². The van der Waals surface area contributed by atoms with Gasteiger partial charge in [0, 0.05) is 23.3 Å². The van der Waals surface area contributed by atoms with Gasteiger partial charge in [0.05, 0.1) is 7.11 Å².